The van der Waals surface area contributed by atoms with Crippen LogP contribution >= 0.6 is 0 Å². The van der Waals surface area contributed by atoms with E-state index < -0.39 is 29.0 Å². The number of aliphatic hydroxyl groups is 1. The van der Waals surface area contributed by atoms with Gasteiger partial charge in [-0.25, -0.2) is 13.2 Å². The molecule has 0 heterocycles. The summed E-state index contributed by atoms with van der Waals surface area (Å²) in [5.41, 5.74) is -1.48. The molecule has 2 rings (SSSR count). The van der Waals surface area contributed by atoms with Crippen LogP contribution in [0.15, 0.2) is 12.1 Å². The average molecular weight is 283 g/mol. The van der Waals surface area contributed by atoms with E-state index in [9.17, 15) is 23.5 Å². The Morgan fingerprint density at radius 1 is 1.30 bits per heavy atom. The molecule has 1 fully saturated rings. The van der Waals surface area contributed by atoms with Crippen LogP contribution in [-0.4, -0.2) is 5.11 Å². The van der Waals surface area contributed by atoms with Gasteiger partial charge in [-0.1, -0.05) is 19.8 Å². The van der Waals surface area contributed by atoms with Gasteiger partial charge in [-0.15, -0.1) is 0 Å². The molecule has 0 saturated heterocycles. The Labute approximate surface area is 115 Å². The molecule has 108 valence electrons. The minimum atomic E-state index is -1.45. The maximum atomic E-state index is 13.8. The third kappa shape index (κ3) is 2.53. The Morgan fingerprint density at radius 3 is 2.55 bits per heavy atom. The zero-order valence-electron chi connectivity index (χ0n) is 11.2. The molecule has 0 radical (unpaired) electrons. The molecule has 0 aromatic heterocycles. The Morgan fingerprint density at radius 2 is 1.95 bits per heavy atom. The summed E-state index contributed by atoms with van der Waals surface area (Å²) in [6, 6.07) is 3.13. The van der Waals surface area contributed by atoms with Crippen LogP contribution in [0.3, 0.4) is 0 Å². The molecule has 2 nitrogen and oxygen atoms in total. The van der Waals surface area contributed by atoms with Gasteiger partial charge in [0.2, 0.25) is 0 Å². The highest BCUT2D eigenvalue weighted by Crippen LogP contribution is 2.48. The van der Waals surface area contributed by atoms with Crippen molar-refractivity contribution >= 4 is 0 Å². The Balaban J connectivity index is 2.41. The number of benzene rings is 1. The normalized spacial score (nSPS) is 27.9. The zero-order chi connectivity index (χ0) is 14.9. The number of nitrogens with zero attached hydrogens (tertiary/aromatic N) is 1. The molecule has 1 aliphatic carbocycles. The molecular formula is C15H16F3NO. The Kier molecular flexibility index (Phi) is 4.05. The van der Waals surface area contributed by atoms with Crippen molar-refractivity contribution in [2.24, 2.45) is 11.3 Å². The van der Waals surface area contributed by atoms with Gasteiger partial charge in [0.1, 0.15) is 11.9 Å². The van der Waals surface area contributed by atoms with E-state index in [4.69, 9.17) is 0 Å². The van der Waals surface area contributed by atoms with Gasteiger partial charge in [-0.05, 0) is 24.8 Å². The van der Waals surface area contributed by atoms with Crippen LogP contribution < -0.4 is 0 Å². The van der Waals surface area contributed by atoms with Crippen LogP contribution in [0.1, 0.15) is 44.3 Å². The molecule has 1 N–H and O–H groups in total. The van der Waals surface area contributed by atoms with E-state index in [0.29, 0.717) is 25.0 Å². The van der Waals surface area contributed by atoms with Crippen LogP contribution in [-0.2, 0) is 0 Å². The summed E-state index contributed by atoms with van der Waals surface area (Å²) in [6.45, 7) is 1.96. The van der Waals surface area contributed by atoms with Crippen molar-refractivity contribution in [3.63, 3.8) is 0 Å². The van der Waals surface area contributed by atoms with Crippen LogP contribution in [0, 0.1) is 40.1 Å². The summed E-state index contributed by atoms with van der Waals surface area (Å²) < 4.78 is 40.0. The summed E-state index contributed by atoms with van der Waals surface area (Å²) in [5.74, 6) is -3.32. The van der Waals surface area contributed by atoms with Crippen LogP contribution in [0.25, 0.3) is 0 Å². The lowest BCUT2D eigenvalue weighted by molar-refractivity contribution is 0.0192. The van der Waals surface area contributed by atoms with Crippen molar-refractivity contribution in [3.8, 4) is 6.07 Å². The zero-order valence-corrected chi connectivity index (χ0v) is 11.2. The standard InChI is InChI=1S/C15H16F3NO/c1-9-3-2-4-15(7-9,8-19)14(20)10-5-12(17)13(18)6-11(10)16/h5-6,9,14,20H,2-4,7H2,1H3. The average Bonchev–Trinajstić information content (AvgIpc) is 2.42. The van der Waals surface area contributed by atoms with Gasteiger partial charge in [0, 0.05) is 11.6 Å². The highest BCUT2D eigenvalue weighted by Gasteiger charge is 2.43. The van der Waals surface area contributed by atoms with Crippen molar-refractivity contribution < 1.29 is 18.3 Å². The first-order chi connectivity index (χ1) is 9.39. The quantitative estimate of drug-likeness (QED) is 0.838. The predicted molar refractivity (Wildman–Crippen MR) is 67.0 cm³/mol. The summed E-state index contributed by atoms with van der Waals surface area (Å²) in [6.07, 6.45) is 1.08. The Hall–Kier alpha value is -1.54. The molecule has 0 aliphatic heterocycles. The van der Waals surface area contributed by atoms with Gasteiger partial charge in [-0.3, -0.25) is 0 Å². The number of rotatable bonds is 2. The molecule has 5 heteroatoms. The molecule has 1 saturated carbocycles. The van der Waals surface area contributed by atoms with Gasteiger partial charge < -0.3 is 5.11 Å². The van der Waals surface area contributed by atoms with Gasteiger partial charge in [-0.2, -0.15) is 5.26 Å². The second kappa shape index (κ2) is 5.45. The summed E-state index contributed by atoms with van der Waals surface area (Å²) in [4.78, 5) is 0. The van der Waals surface area contributed by atoms with Gasteiger partial charge >= 0.3 is 0 Å². The van der Waals surface area contributed by atoms with Gasteiger partial charge in [0.05, 0.1) is 11.5 Å². The Bertz CT molecular complexity index is 555. The minimum absolute atomic E-state index is 0.228. The van der Waals surface area contributed by atoms with Crippen molar-refractivity contribution in [2.75, 3.05) is 0 Å². The molecule has 0 bridgehead atoms. The highest BCUT2D eigenvalue weighted by atomic mass is 19.2. The molecule has 3 atom stereocenters. The van der Waals surface area contributed by atoms with E-state index >= 15 is 0 Å². The van der Waals surface area contributed by atoms with E-state index in [1.807, 2.05) is 6.92 Å². The monoisotopic (exact) mass is 283 g/mol. The number of hydrogen-bond acceptors (Lipinski definition) is 2. The summed E-state index contributed by atoms with van der Waals surface area (Å²) >= 11 is 0. The lowest BCUT2D eigenvalue weighted by Crippen LogP contribution is -2.33. The van der Waals surface area contributed by atoms with E-state index in [0.717, 1.165) is 12.8 Å². The summed E-state index contributed by atoms with van der Waals surface area (Å²) in [5, 5.41) is 19.8. The second-order valence-corrected chi connectivity index (χ2v) is 5.66. The molecule has 0 amide bonds. The first kappa shape index (κ1) is 14.9. The molecule has 1 aromatic carbocycles. The second-order valence-electron chi connectivity index (χ2n) is 5.66. The molecule has 3 unspecified atom stereocenters. The SMILES string of the molecule is CC1CCCC(C#N)(C(O)c2cc(F)c(F)cc2F)C1. The first-order valence-electron chi connectivity index (χ1n) is 6.63. The smallest absolute Gasteiger partial charge is 0.161 e. The van der Waals surface area contributed by atoms with Gasteiger partial charge in [0.15, 0.2) is 11.6 Å². The molecule has 20 heavy (non-hydrogen) atoms. The van der Waals surface area contributed by atoms with Crippen molar-refractivity contribution in [2.45, 2.75) is 38.7 Å². The number of halogens is 3. The minimum Gasteiger partial charge on any atom is -0.387 e. The fourth-order valence-electron chi connectivity index (χ4n) is 3.05. The number of nitriles is 1. The van der Waals surface area contributed by atoms with Crippen LogP contribution in [0.4, 0.5) is 13.2 Å². The van der Waals surface area contributed by atoms with E-state index in [-0.39, 0.29) is 11.5 Å². The lowest BCUT2D eigenvalue weighted by Gasteiger charge is -2.38. The molecular weight excluding hydrogens is 267 g/mol. The molecule has 0 spiro atoms. The third-order valence-electron chi connectivity index (χ3n) is 4.11. The van der Waals surface area contributed by atoms with Crippen LogP contribution in [0.2, 0.25) is 0 Å². The number of aliphatic hydroxyl groups excluding tert-OH is 1. The summed E-state index contributed by atoms with van der Waals surface area (Å²) in [7, 11) is 0. The molecule has 1 aromatic rings. The maximum Gasteiger partial charge on any atom is 0.161 e. The largest absolute Gasteiger partial charge is 0.387 e. The lowest BCUT2D eigenvalue weighted by atomic mass is 9.66. The fourth-order valence-corrected chi connectivity index (χ4v) is 3.05. The van der Waals surface area contributed by atoms with Crippen LogP contribution in [0.5, 0.6) is 0 Å². The fraction of sp³-hybridized carbons (Fsp3) is 0.533. The van der Waals surface area contributed by atoms with Crippen molar-refractivity contribution in [1.82, 2.24) is 0 Å². The predicted octanol–water partition coefficient (Wildman–Crippen LogP) is 3.86. The first-order valence-corrected chi connectivity index (χ1v) is 6.63. The molecule has 1 aliphatic rings. The van der Waals surface area contributed by atoms with E-state index in [1.165, 1.54) is 0 Å². The van der Waals surface area contributed by atoms with E-state index in [2.05, 4.69) is 6.07 Å². The third-order valence-corrected chi connectivity index (χ3v) is 4.11. The highest BCUT2D eigenvalue weighted by molar-refractivity contribution is 5.26. The van der Waals surface area contributed by atoms with Gasteiger partial charge in [0.25, 0.3) is 0 Å². The maximum absolute atomic E-state index is 13.8. The van der Waals surface area contributed by atoms with E-state index in [1.54, 1.807) is 0 Å². The number of hydrogen-bond donors (Lipinski definition) is 1. The van der Waals surface area contributed by atoms with Crippen molar-refractivity contribution in [1.29, 1.82) is 5.26 Å². The van der Waals surface area contributed by atoms with Crippen molar-refractivity contribution in [3.05, 3.63) is 35.1 Å². The topological polar surface area (TPSA) is 44.0 Å².